The summed E-state index contributed by atoms with van der Waals surface area (Å²) in [7, 11) is 0. The third-order valence-electron chi connectivity index (χ3n) is 3.59. The lowest BCUT2D eigenvalue weighted by atomic mass is 10.1. The Morgan fingerprint density at radius 2 is 2.00 bits per heavy atom. The lowest BCUT2D eigenvalue weighted by molar-refractivity contribution is -0.142. The summed E-state index contributed by atoms with van der Waals surface area (Å²) in [6, 6.07) is 10.9. The monoisotopic (exact) mass is 381 g/mol. The molecule has 0 radical (unpaired) electrons. The minimum Gasteiger partial charge on any atom is -0.452 e. The van der Waals surface area contributed by atoms with Gasteiger partial charge in [-0.15, -0.1) is 11.3 Å². The van der Waals surface area contributed by atoms with Crippen molar-refractivity contribution in [1.29, 1.82) is 0 Å². The predicted molar refractivity (Wildman–Crippen MR) is 103 cm³/mol. The number of esters is 1. The highest BCUT2D eigenvalue weighted by molar-refractivity contribution is 7.14. The van der Waals surface area contributed by atoms with Gasteiger partial charge in [-0.1, -0.05) is 24.3 Å². The van der Waals surface area contributed by atoms with Gasteiger partial charge in [0.2, 0.25) is 0 Å². The highest BCUT2D eigenvalue weighted by Gasteiger charge is 2.13. The van der Waals surface area contributed by atoms with Gasteiger partial charge in [0.15, 0.2) is 6.61 Å². The highest BCUT2D eigenvalue weighted by Crippen LogP contribution is 2.22. The van der Waals surface area contributed by atoms with Crippen LogP contribution in [-0.2, 0) is 14.3 Å². The van der Waals surface area contributed by atoms with Crippen LogP contribution < -0.4 is 11.1 Å². The number of primary amides is 1. The number of amides is 2. The normalized spacial score (nSPS) is 10.8. The largest absolute Gasteiger partial charge is 0.452 e. The summed E-state index contributed by atoms with van der Waals surface area (Å²) in [5, 5.41) is 5.39. The first-order chi connectivity index (χ1) is 13.0. The number of nitrogens with zero attached hydrogens (tertiary/aromatic N) is 1. The molecular weight excluding hydrogens is 366 g/mol. The number of anilines is 1. The Labute approximate surface area is 158 Å². The standard InChI is InChI=1S/C19H15N3O4S/c20-18(25)14-8-10-27-19(14)22-15(23)11-26-16(24)7-6-13-4-1-3-12-5-2-9-21-17(12)13/h1-10H,11H2,(H2,20,25)(H,22,23). The molecule has 27 heavy (non-hydrogen) atoms. The Balaban J connectivity index is 1.57. The van der Waals surface area contributed by atoms with Gasteiger partial charge in [0.25, 0.3) is 11.8 Å². The molecule has 0 bridgehead atoms. The quantitative estimate of drug-likeness (QED) is 0.503. The van der Waals surface area contributed by atoms with Crippen molar-refractivity contribution >= 4 is 51.1 Å². The molecule has 3 N–H and O–H groups in total. The number of nitrogens with one attached hydrogen (secondary N) is 1. The van der Waals surface area contributed by atoms with Gasteiger partial charge in [0, 0.05) is 23.2 Å². The third-order valence-corrected chi connectivity index (χ3v) is 4.42. The molecule has 0 atom stereocenters. The van der Waals surface area contributed by atoms with Crippen LogP contribution in [0, 0.1) is 0 Å². The van der Waals surface area contributed by atoms with Crippen LogP contribution in [0.25, 0.3) is 17.0 Å². The van der Waals surface area contributed by atoms with Gasteiger partial charge in [-0.05, 0) is 23.6 Å². The van der Waals surface area contributed by atoms with Crippen molar-refractivity contribution in [3.63, 3.8) is 0 Å². The molecule has 0 spiro atoms. The van der Waals surface area contributed by atoms with E-state index in [9.17, 15) is 14.4 Å². The SMILES string of the molecule is NC(=O)c1ccsc1NC(=O)COC(=O)C=Cc1cccc2cccnc12. The molecule has 2 heterocycles. The zero-order valence-corrected chi connectivity index (χ0v) is 14.9. The Kier molecular flexibility index (Phi) is 5.58. The number of carbonyl (C=O) groups is 3. The molecule has 0 aliphatic rings. The molecule has 1 aromatic carbocycles. The summed E-state index contributed by atoms with van der Waals surface area (Å²) in [6.07, 6.45) is 4.49. The molecular formula is C19H15N3O4S. The molecule has 0 saturated carbocycles. The van der Waals surface area contributed by atoms with E-state index in [1.54, 1.807) is 17.7 Å². The van der Waals surface area contributed by atoms with Crippen molar-refractivity contribution in [3.05, 3.63) is 65.2 Å². The molecule has 8 heteroatoms. The van der Waals surface area contributed by atoms with Gasteiger partial charge in [0.1, 0.15) is 5.00 Å². The zero-order chi connectivity index (χ0) is 19.2. The van der Waals surface area contributed by atoms with Crippen LogP contribution in [0.4, 0.5) is 5.00 Å². The molecule has 3 aromatic rings. The van der Waals surface area contributed by atoms with Crippen molar-refractivity contribution < 1.29 is 19.1 Å². The van der Waals surface area contributed by atoms with E-state index in [2.05, 4.69) is 10.3 Å². The molecule has 7 nitrogen and oxygen atoms in total. The molecule has 2 amide bonds. The topological polar surface area (TPSA) is 111 Å². The summed E-state index contributed by atoms with van der Waals surface area (Å²) < 4.78 is 4.92. The number of pyridine rings is 1. The van der Waals surface area contributed by atoms with E-state index in [1.807, 2.05) is 30.3 Å². The molecule has 0 aliphatic heterocycles. The maximum atomic E-state index is 11.9. The van der Waals surface area contributed by atoms with Crippen molar-refractivity contribution in [2.45, 2.75) is 0 Å². The van der Waals surface area contributed by atoms with Gasteiger partial charge in [-0.25, -0.2) is 4.79 Å². The van der Waals surface area contributed by atoms with Crippen molar-refractivity contribution in [3.8, 4) is 0 Å². The first-order valence-corrected chi connectivity index (χ1v) is 8.78. The number of carbonyl (C=O) groups excluding carboxylic acids is 3. The van der Waals surface area contributed by atoms with Crippen molar-refractivity contribution in [1.82, 2.24) is 4.98 Å². The number of nitrogens with two attached hydrogens (primary N) is 1. The Morgan fingerprint density at radius 3 is 2.81 bits per heavy atom. The predicted octanol–water partition coefficient (Wildman–Crippen LogP) is 2.59. The zero-order valence-electron chi connectivity index (χ0n) is 14.0. The second kappa shape index (κ2) is 8.24. The second-order valence-electron chi connectivity index (χ2n) is 5.44. The number of aromatic nitrogens is 1. The molecule has 0 saturated heterocycles. The molecule has 3 rings (SSSR count). The molecule has 0 fully saturated rings. The average Bonchev–Trinajstić information content (AvgIpc) is 3.13. The Bertz CT molecular complexity index is 1040. The van der Waals surface area contributed by atoms with Crippen molar-refractivity contribution in [2.24, 2.45) is 5.73 Å². The molecule has 0 aliphatic carbocycles. The minimum atomic E-state index is -0.667. The minimum absolute atomic E-state index is 0.211. The van der Waals surface area contributed by atoms with Crippen LogP contribution in [0.15, 0.2) is 54.1 Å². The van der Waals surface area contributed by atoms with E-state index in [0.29, 0.717) is 5.00 Å². The first kappa shape index (κ1) is 18.3. The number of hydrogen-bond acceptors (Lipinski definition) is 6. The van der Waals surface area contributed by atoms with E-state index in [1.165, 1.54) is 12.1 Å². The van der Waals surface area contributed by atoms with Crippen LogP contribution in [0.1, 0.15) is 15.9 Å². The lowest BCUT2D eigenvalue weighted by Gasteiger charge is -2.05. The third kappa shape index (κ3) is 4.56. The fraction of sp³-hybridized carbons (Fsp3) is 0.0526. The second-order valence-corrected chi connectivity index (χ2v) is 6.36. The molecule has 0 unspecified atom stereocenters. The fourth-order valence-electron chi connectivity index (χ4n) is 2.37. The summed E-state index contributed by atoms with van der Waals surface area (Å²) in [6.45, 7) is -0.479. The van der Waals surface area contributed by atoms with Crippen LogP contribution >= 0.6 is 11.3 Å². The van der Waals surface area contributed by atoms with E-state index in [0.717, 1.165) is 27.8 Å². The van der Waals surface area contributed by atoms with Crippen LogP contribution in [-0.4, -0.2) is 29.4 Å². The van der Waals surface area contributed by atoms with Gasteiger partial charge in [0.05, 0.1) is 11.1 Å². The van der Waals surface area contributed by atoms with Crippen LogP contribution in [0.2, 0.25) is 0 Å². The highest BCUT2D eigenvalue weighted by atomic mass is 32.1. The van der Waals surface area contributed by atoms with Gasteiger partial charge >= 0.3 is 5.97 Å². The summed E-state index contributed by atoms with van der Waals surface area (Å²) in [5.74, 6) is -1.87. The summed E-state index contributed by atoms with van der Waals surface area (Å²) >= 11 is 1.15. The van der Waals surface area contributed by atoms with E-state index in [4.69, 9.17) is 10.5 Å². The number of hydrogen-bond donors (Lipinski definition) is 2. The number of fused-ring (bicyclic) bond motifs is 1. The molecule has 2 aromatic heterocycles. The van der Waals surface area contributed by atoms with Crippen LogP contribution in [0.3, 0.4) is 0 Å². The van der Waals surface area contributed by atoms with E-state index >= 15 is 0 Å². The lowest BCUT2D eigenvalue weighted by Crippen LogP contribution is -2.21. The number of thiophene rings is 1. The number of rotatable bonds is 6. The van der Waals surface area contributed by atoms with Crippen molar-refractivity contribution in [2.75, 3.05) is 11.9 Å². The smallest absolute Gasteiger partial charge is 0.331 e. The maximum Gasteiger partial charge on any atom is 0.331 e. The van der Waals surface area contributed by atoms with Gasteiger partial charge in [-0.2, -0.15) is 0 Å². The van der Waals surface area contributed by atoms with Crippen LogP contribution in [0.5, 0.6) is 0 Å². The summed E-state index contributed by atoms with van der Waals surface area (Å²) in [5.41, 5.74) is 6.94. The number of benzene rings is 1. The summed E-state index contributed by atoms with van der Waals surface area (Å²) in [4.78, 5) is 39.2. The van der Waals surface area contributed by atoms with E-state index < -0.39 is 24.4 Å². The fourth-order valence-corrected chi connectivity index (χ4v) is 3.18. The van der Waals surface area contributed by atoms with Gasteiger partial charge < -0.3 is 15.8 Å². The average molecular weight is 381 g/mol. The number of ether oxygens (including phenoxy) is 1. The maximum absolute atomic E-state index is 11.9. The first-order valence-electron chi connectivity index (χ1n) is 7.90. The number of para-hydroxylation sites is 1. The van der Waals surface area contributed by atoms with E-state index in [-0.39, 0.29) is 5.56 Å². The van der Waals surface area contributed by atoms with Gasteiger partial charge in [-0.3, -0.25) is 14.6 Å². The molecule has 136 valence electrons. The Hall–Kier alpha value is -3.52. The Morgan fingerprint density at radius 1 is 1.19 bits per heavy atom.